The van der Waals surface area contributed by atoms with Crippen molar-refractivity contribution in [1.82, 2.24) is 10.2 Å². The zero-order chi connectivity index (χ0) is 12.7. The van der Waals surface area contributed by atoms with E-state index in [-0.39, 0.29) is 18.4 Å². The predicted octanol–water partition coefficient (Wildman–Crippen LogP) is 0.995. The molecule has 100 valence electrons. The fourth-order valence-electron chi connectivity index (χ4n) is 2.65. The van der Waals surface area contributed by atoms with E-state index in [9.17, 15) is 4.79 Å². The maximum absolute atomic E-state index is 12.3. The molecule has 2 N–H and O–H groups in total. The third kappa shape index (κ3) is 4.28. The van der Waals surface area contributed by atoms with E-state index >= 15 is 0 Å². The second kappa shape index (κ2) is 7.67. The summed E-state index contributed by atoms with van der Waals surface area (Å²) in [7, 11) is 1.86. The molecule has 0 spiro atoms. The van der Waals surface area contributed by atoms with Crippen LogP contribution in [0.4, 0.5) is 0 Å². The lowest BCUT2D eigenvalue weighted by molar-refractivity contribution is -0.138. The number of nitrogens with zero attached hydrogens (tertiary/aromatic N) is 1. The van der Waals surface area contributed by atoms with Gasteiger partial charge in [0.15, 0.2) is 0 Å². The van der Waals surface area contributed by atoms with Crippen molar-refractivity contribution in [2.45, 2.75) is 45.1 Å². The zero-order valence-electron chi connectivity index (χ0n) is 11.1. The standard InChI is InChI=1S/C13H26N2O2/c1-11(10-14-2)13(17)15(8-9-16)12-6-4-3-5-7-12/h11-12,14,16H,3-10H2,1-2H3. The first-order chi connectivity index (χ1) is 8.20. The molecular weight excluding hydrogens is 216 g/mol. The number of amides is 1. The summed E-state index contributed by atoms with van der Waals surface area (Å²) in [5.41, 5.74) is 0. The Morgan fingerprint density at radius 2 is 2.06 bits per heavy atom. The lowest BCUT2D eigenvalue weighted by Gasteiger charge is -2.35. The quantitative estimate of drug-likeness (QED) is 0.730. The van der Waals surface area contributed by atoms with E-state index in [4.69, 9.17) is 5.11 Å². The maximum Gasteiger partial charge on any atom is 0.227 e. The van der Waals surface area contributed by atoms with Crippen LogP contribution in [0.15, 0.2) is 0 Å². The van der Waals surface area contributed by atoms with E-state index in [0.29, 0.717) is 19.1 Å². The highest BCUT2D eigenvalue weighted by atomic mass is 16.3. The van der Waals surface area contributed by atoms with Gasteiger partial charge in [-0.2, -0.15) is 0 Å². The van der Waals surface area contributed by atoms with E-state index in [1.165, 1.54) is 19.3 Å². The van der Waals surface area contributed by atoms with Crippen LogP contribution < -0.4 is 5.32 Å². The smallest absolute Gasteiger partial charge is 0.227 e. The van der Waals surface area contributed by atoms with Gasteiger partial charge in [0.1, 0.15) is 0 Å². The maximum atomic E-state index is 12.3. The monoisotopic (exact) mass is 242 g/mol. The van der Waals surface area contributed by atoms with Crippen molar-refractivity contribution < 1.29 is 9.90 Å². The van der Waals surface area contributed by atoms with Gasteiger partial charge in [-0.15, -0.1) is 0 Å². The van der Waals surface area contributed by atoms with Crippen LogP contribution in [0.3, 0.4) is 0 Å². The zero-order valence-corrected chi connectivity index (χ0v) is 11.1. The fraction of sp³-hybridized carbons (Fsp3) is 0.923. The SMILES string of the molecule is CNCC(C)C(=O)N(CCO)C1CCCCC1. The van der Waals surface area contributed by atoms with E-state index < -0.39 is 0 Å². The second-order valence-electron chi connectivity index (χ2n) is 5.01. The Morgan fingerprint density at radius 3 is 2.59 bits per heavy atom. The summed E-state index contributed by atoms with van der Waals surface area (Å²) in [5.74, 6) is 0.175. The van der Waals surface area contributed by atoms with Crippen LogP contribution in [0.5, 0.6) is 0 Å². The largest absolute Gasteiger partial charge is 0.395 e. The molecule has 0 heterocycles. The molecule has 0 aromatic carbocycles. The van der Waals surface area contributed by atoms with Crippen molar-refractivity contribution in [3.05, 3.63) is 0 Å². The molecule has 1 rings (SSSR count). The molecule has 1 saturated carbocycles. The molecular formula is C13H26N2O2. The topological polar surface area (TPSA) is 52.6 Å². The first-order valence-electron chi connectivity index (χ1n) is 6.76. The van der Waals surface area contributed by atoms with Crippen molar-refractivity contribution in [3.8, 4) is 0 Å². The number of nitrogens with one attached hydrogen (secondary N) is 1. The summed E-state index contributed by atoms with van der Waals surface area (Å²) in [6, 6.07) is 0.350. The average Bonchev–Trinajstić information content (AvgIpc) is 2.36. The minimum absolute atomic E-state index is 0.00604. The molecule has 1 amide bonds. The minimum Gasteiger partial charge on any atom is -0.395 e. The number of hydrogen-bond acceptors (Lipinski definition) is 3. The molecule has 0 bridgehead atoms. The molecule has 1 unspecified atom stereocenters. The molecule has 1 atom stereocenters. The van der Waals surface area contributed by atoms with Crippen LogP contribution in [0.2, 0.25) is 0 Å². The summed E-state index contributed by atoms with van der Waals surface area (Å²) < 4.78 is 0. The van der Waals surface area contributed by atoms with Gasteiger partial charge in [0, 0.05) is 25.0 Å². The molecule has 1 aliphatic carbocycles. The Labute approximate surface area is 104 Å². The molecule has 4 nitrogen and oxygen atoms in total. The Bertz CT molecular complexity index is 227. The lowest BCUT2D eigenvalue weighted by Crippen LogP contribution is -2.47. The number of carbonyl (C=O) groups is 1. The summed E-state index contributed by atoms with van der Waals surface area (Å²) in [4.78, 5) is 14.2. The van der Waals surface area contributed by atoms with Crippen LogP contribution in [-0.4, -0.2) is 48.7 Å². The first-order valence-corrected chi connectivity index (χ1v) is 6.76. The fourth-order valence-corrected chi connectivity index (χ4v) is 2.65. The highest BCUT2D eigenvalue weighted by molar-refractivity contribution is 5.79. The van der Waals surface area contributed by atoms with Gasteiger partial charge < -0.3 is 15.3 Å². The molecule has 0 aliphatic heterocycles. The highest BCUT2D eigenvalue weighted by Gasteiger charge is 2.27. The van der Waals surface area contributed by atoms with Crippen LogP contribution in [-0.2, 0) is 4.79 Å². The van der Waals surface area contributed by atoms with Crippen molar-refractivity contribution >= 4 is 5.91 Å². The van der Waals surface area contributed by atoms with E-state index in [1.54, 1.807) is 0 Å². The van der Waals surface area contributed by atoms with Crippen molar-refractivity contribution in [1.29, 1.82) is 0 Å². The minimum atomic E-state index is -0.00604. The van der Waals surface area contributed by atoms with Crippen LogP contribution in [0.25, 0.3) is 0 Å². The van der Waals surface area contributed by atoms with Gasteiger partial charge >= 0.3 is 0 Å². The molecule has 1 aliphatic rings. The van der Waals surface area contributed by atoms with E-state index in [1.807, 2.05) is 18.9 Å². The molecule has 0 aromatic rings. The van der Waals surface area contributed by atoms with Crippen LogP contribution >= 0.6 is 0 Å². The molecule has 1 fully saturated rings. The third-order valence-electron chi connectivity index (χ3n) is 3.57. The third-order valence-corrected chi connectivity index (χ3v) is 3.57. The number of rotatable bonds is 6. The molecule has 0 aromatic heterocycles. The van der Waals surface area contributed by atoms with Crippen molar-refractivity contribution in [2.24, 2.45) is 5.92 Å². The summed E-state index contributed by atoms with van der Waals surface area (Å²) in [6.45, 7) is 3.20. The van der Waals surface area contributed by atoms with Gasteiger partial charge in [0.2, 0.25) is 5.91 Å². The van der Waals surface area contributed by atoms with Gasteiger partial charge in [-0.3, -0.25) is 4.79 Å². The number of aliphatic hydroxyl groups is 1. The number of aliphatic hydroxyl groups excluding tert-OH is 1. The summed E-state index contributed by atoms with van der Waals surface area (Å²) in [5, 5.41) is 12.2. The van der Waals surface area contributed by atoms with Gasteiger partial charge in [0.05, 0.1) is 6.61 Å². The Kier molecular flexibility index (Phi) is 6.52. The van der Waals surface area contributed by atoms with E-state index in [2.05, 4.69) is 5.32 Å². The molecule has 0 radical (unpaired) electrons. The average molecular weight is 242 g/mol. The summed E-state index contributed by atoms with van der Waals surface area (Å²) >= 11 is 0. The molecule has 4 heteroatoms. The van der Waals surface area contributed by atoms with Crippen LogP contribution in [0.1, 0.15) is 39.0 Å². The van der Waals surface area contributed by atoms with Crippen LogP contribution in [0, 0.1) is 5.92 Å². The van der Waals surface area contributed by atoms with E-state index in [0.717, 1.165) is 12.8 Å². The van der Waals surface area contributed by atoms with Gasteiger partial charge in [0.25, 0.3) is 0 Å². The predicted molar refractivity (Wildman–Crippen MR) is 68.8 cm³/mol. The Hall–Kier alpha value is -0.610. The Balaban J connectivity index is 2.59. The molecule has 17 heavy (non-hydrogen) atoms. The van der Waals surface area contributed by atoms with Gasteiger partial charge in [-0.25, -0.2) is 0 Å². The molecule has 0 saturated heterocycles. The van der Waals surface area contributed by atoms with Crippen molar-refractivity contribution in [3.63, 3.8) is 0 Å². The normalized spacial score (nSPS) is 19.0. The van der Waals surface area contributed by atoms with Gasteiger partial charge in [-0.1, -0.05) is 26.2 Å². The lowest BCUT2D eigenvalue weighted by atomic mass is 9.93. The number of hydrogen-bond donors (Lipinski definition) is 2. The number of carbonyl (C=O) groups excluding carboxylic acids is 1. The van der Waals surface area contributed by atoms with Crippen molar-refractivity contribution in [2.75, 3.05) is 26.7 Å². The summed E-state index contributed by atoms with van der Waals surface area (Å²) in [6.07, 6.45) is 5.89. The van der Waals surface area contributed by atoms with Gasteiger partial charge in [-0.05, 0) is 19.9 Å². The Morgan fingerprint density at radius 1 is 1.41 bits per heavy atom. The highest BCUT2D eigenvalue weighted by Crippen LogP contribution is 2.23. The first kappa shape index (κ1) is 14.5. The second-order valence-corrected chi connectivity index (χ2v) is 5.01.